The summed E-state index contributed by atoms with van der Waals surface area (Å²) in [5.41, 5.74) is 6.51. The van der Waals surface area contributed by atoms with Gasteiger partial charge in [0.25, 0.3) is 0 Å². The number of nitriles is 1. The summed E-state index contributed by atoms with van der Waals surface area (Å²) in [6.07, 6.45) is 0.123. The van der Waals surface area contributed by atoms with Crippen molar-refractivity contribution in [2.45, 2.75) is 31.2 Å². The number of halogens is 1. The minimum absolute atomic E-state index is 0.0826. The van der Waals surface area contributed by atoms with Crippen LogP contribution in [0, 0.1) is 18.3 Å². The Morgan fingerprint density at radius 1 is 1.53 bits per heavy atom. The topological polar surface area (TPSA) is 87.2 Å². The molecule has 1 aromatic carbocycles. The smallest absolute Gasteiger partial charge is 0.243 e. The average molecular weight is 302 g/mol. The van der Waals surface area contributed by atoms with Crippen LogP contribution in [-0.2, 0) is 10.0 Å². The Labute approximate surface area is 118 Å². The molecule has 0 spiro atoms. The van der Waals surface area contributed by atoms with Gasteiger partial charge >= 0.3 is 0 Å². The van der Waals surface area contributed by atoms with Crippen LogP contribution in [0.25, 0.3) is 0 Å². The summed E-state index contributed by atoms with van der Waals surface area (Å²) >= 11 is 5.92. The second-order valence-electron chi connectivity index (χ2n) is 4.38. The molecule has 0 aromatic heterocycles. The standard InChI is InChI=1S/C12H16ClN3O2S/c1-8-6-10(7-11(15)12(8)13)19(17,18)16(3)9(2)4-5-14/h6-7,9H,4,15H2,1-3H3. The molecular weight excluding hydrogens is 286 g/mol. The summed E-state index contributed by atoms with van der Waals surface area (Å²) in [6.45, 7) is 3.36. The molecule has 0 saturated heterocycles. The van der Waals surface area contributed by atoms with Gasteiger partial charge in [0.1, 0.15) is 0 Å². The maximum absolute atomic E-state index is 12.4. The molecular formula is C12H16ClN3O2S. The Morgan fingerprint density at radius 2 is 2.11 bits per heavy atom. The van der Waals surface area contributed by atoms with E-state index in [0.717, 1.165) is 0 Å². The van der Waals surface area contributed by atoms with E-state index >= 15 is 0 Å². The molecule has 0 radical (unpaired) electrons. The van der Waals surface area contributed by atoms with Crippen molar-refractivity contribution in [2.75, 3.05) is 12.8 Å². The van der Waals surface area contributed by atoms with Gasteiger partial charge in [0, 0.05) is 13.1 Å². The fraction of sp³-hybridized carbons (Fsp3) is 0.417. The number of hydrogen-bond donors (Lipinski definition) is 1. The molecule has 0 bridgehead atoms. The van der Waals surface area contributed by atoms with E-state index in [1.165, 1.54) is 23.5 Å². The van der Waals surface area contributed by atoms with Crippen molar-refractivity contribution < 1.29 is 8.42 Å². The third kappa shape index (κ3) is 3.18. The molecule has 0 fully saturated rings. The number of anilines is 1. The maximum Gasteiger partial charge on any atom is 0.243 e. The lowest BCUT2D eigenvalue weighted by atomic mass is 10.2. The van der Waals surface area contributed by atoms with E-state index in [1.807, 2.05) is 6.07 Å². The molecule has 2 N–H and O–H groups in total. The van der Waals surface area contributed by atoms with Gasteiger partial charge in [-0.2, -0.15) is 9.57 Å². The van der Waals surface area contributed by atoms with Crippen molar-refractivity contribution in [1.82, 2.24) is 4.31 Å². The number of aryl methyl sites for hydroxylation is 1. The third-order valence-corrected chi connectivity index (χ3v) is 5.41. The Hall–Kier alpha value is -1.29. The molecule has 0 heterocycles. The first-order valence-corrected chi connectivity index (χ1v) is 7.44. The summed E-state index contributed by atoms with van der Waals surface area (Å²) in [5.74, 6) is 0. The summed E-state index contributed by atoms with van der Waals surface area (Å²) in [6, 6.07) is 4.35. The van der Waals surface area contributed by atoms with Crippen LogP contribution in [-0.4, -0.2) is 25.8 Å². The van der Waals surface area contributed by atoms with Crippen LogP contribution in [0.2, 0.25) is 5.02 Å². The van der Waals surface area contributed by atoms with E-state index in [-0.39, 0.29) is 17.0 Å². The average Bonchev–Trinajstić information content (AvgIpc) is 2.34. The number of nitrogens with zero attached hydrogens (tertiary/aromatic N) is 2. The van der Waals surface area contributed by atoms with Gasteiger partial charge < -0.3 is 5.73 Å². The van der Waals surface area contributed by atoms with Crippen molar-refractivity contribution in [3.63, 3.8) is 0 Å². The highest BCUT2D eigenvalue weighted by molar-refractivity contribution is 7.89. The summed E-state index contributed by atoms with van der Waals surface area (Å²) in [7, 11) is -2.24. The van der Waals surface area contributed by atoms with Gasteiger partial charge in [-0.3, -0.25) is 0 Å². The Kier molecular flexibility index (Phi) is 4.80. The fourth-order valence-electron chi connectivity index (χ4n) is 1.58. The normalized spacial score (nSPS) is 13.3. The van der Waals surface area contributed by atoms with Crippen LogP contribution in [0.1, 0.15) is 18.9 Å². The molecule has 1 unspecified atom stereocenters. The lowest BCUT2D eigenvalue weighted by Crippen LogP contribution is -2.34. The van der Waals surface area contributed by atoms with E-state index in [1.54, 1.807) is 13.8 Å². The quantitative estimate of drug-likeness (QED) is 0.863. The molecule has 0 aliphatic heterocycles. The molecule has 5 nitrogen and oxygen atoms in total. The van der Waals surface area contributed by atoms with Crippen molar-refractivity contribution >= 4 is 27.3 Å². The Morgan fingerprint density at radius 3 is 2.58 bits per heavy atom. The minimum Gasteiger partial charge on any atom is -0.397 e. The number of rotatable bonds is 4. The number of nitrogens with two attached hydrogens (primary N) is 1. The number of nitrogen functional groups attached to an aromatic ring is 1. The van der Waals surface area contributed by atoms with Gasteiger partial charge in [0.2, 0.25) is 10.0 Å². The molecule has 1 atom stereocenters. The van der Waals surface area contributed by atoms with E-state index in [9.17, 15) is 8.42 Å². The monoisotopic (exact) mass is 301 g/mol. The highest BCUT2D eigenvalue weighted by atomic mass is 35.5. The maximum atomic E-state index is 12.4. The zero-order valence-electron chi connectivity index (χ0n) is 11.0. The molecule has 1 rings (SSSR count). The van der Waals surface area contributed by atoms with Crippen LogP contribution < -0.4 is 5.73 Å². The number of benzene rings is 1. The highest BCUT2D eigenvalue weighted by Crippen LogP contribution is 2.28. The number of sulfonamides is 1. The van der Waals surface area contributed by atoms with Gasteiger partial charge in [0.05, 0.1) is 28.1 Å². The summed E-state index contributed by atoms with van der Waals surface area (Å²) < 4.78 is 25.9. The Balaban J connectivity index is 3.25. The van der Waals surface area contributed by atoms with Crippen LogP contribution >= 0.6 is 11.6 Å². The van der Waals surface area contributed by atoms with Crippen LogP contribution in [0.15, 0.2) is 17.0 Å². The van der Waals surface area contributed by atoms with Crippen molar-refractivity contribution in [2.24, 2.45) is 0 Å². The second kappa shape index (κ2) is 5.78. The molecule has 104 valence electrons. The fourth-order valence-corrected chi connectivity index (χ4v) is 3.17. The molecule has 7 heteroatoms. The largest absolute Gasteiger partial charge is 0.397 e. The predicted octanol–water partition coefficient (Wildman–Crippen LogP) is 2.15. The lowest BCUT2D eigenvalue weighted by Gasteiger charge is -2.23. The first-order valence-electron chi connectivity index (χ1n) is 5.62. The molecule has 0 aliphatic carbocycles. The molecule has 1 aromatic rings. The molecule has 0 aliphatic rings. The summed E-state index contributed by atoms with van der Waals surface area (Å²) in [5, 5.41) is 8.99. The zero-order valence-corrected chi connectivity index (χ0v) is 12.6. The van der Waals surface area contributed by atoms with Crippen molar-refractivity contribution in [3.8, 4) is 6.07 Å². The van der Waals surface area contributed by atoms with Gasteiger partial charge in [-0.05, 0) is 31.5 Å². The third-order valence-electron chi connectivity index (χ3n) is 2.94. The Bertz CT molecular complexity index is 599. The SMILES string of the molecule is Cc1cc(S(=O)(=O)N(C)C(C)CC#N)cc(N)c1Cl. The van der Waals surface area contributed by atoms with Crippen molar-refractivity contribution in [1.29, 1.82) is 5.26 Å². The summed E-state index contributed by atoms with van der Waals surface area (Å²) in [4.78, 5) is 0.0826. The van der Waals surface area contributed by atoms with Gasteiger partial charge in [-0.1, -0.05) is 11.6 Å². The van der Waals surface area contributed by atoms with Crippen LogP contribution in [0.5, 0.6) is 0 Å². The van der Waals surface area contributed by atoms with Gasteiger partial charge in [-0.15, -0.1) is 0 Å². The number of hydrogen-bond acceptors (Lipinski definition) is 4. The van der Waals surface area contributed by atoms with Gasteiger partial charge in [-0.25, -0.2) is 8.42 Å². The molecule has 0 saturated carbocycles. The lowest BCUT2D eigenvalue weighted by molar-refractivity contribution is 0.393. The first-order chi connectivity index (χ1) is 8.71. The van der Waals surface area contributed by atoms with E-state index in [4.69, 9.17) is 22.6 Å². The van der Waals surface area contributed by atoms with E-state index < -0.39 is 16.1 Å². The van der Waals surface area contributed by atoms with Crippen LogP contribution in [0.4, 0.5) is 5.69 Å². The zero-order chi connectivity index (χ0) is 14.8. The van der Waals surface area contributed by atoms with Crippen molar-refractivity contribution in [3.05, 3.63) is 22.7 Å². The van der Waals surface area contributed by atoms with Gasteiger partial charge in [0.15, 0.2) is 0 Å². The molecule has 0 amide bonds. The minimum atomic E-state index is -3.68. The van der Waals surface area contributed by atoms with Crippen LogP contribution in [0.3, 0.4) is 0 Å². The second-order valence-corrected chi connectivity index (χ2v) is 6.75. The molecule has 19 heavy (non-hydrogen) atoms. The van der Waals surface area contributed by atoms with E-state index in [0.29, 0.717) is 10.6 Å². The highest BCUT2D eigenvalue weighted by Gasteiger charge is 2.26. The predicted molar refractivity (Wildman–Crippen MR) is 75.2 cm³/mol. The first kappa shape index (κ1) is 15.8. The van der Waals surface area contributed by atoms with E-state index in [2.05, 4.69) is 0 Å².